The minimum atomic E-state index is -0.515. The van der Waals surface area contributed by atoms with E-state index in [2.05, 4.69) is 0 Å². The van der Waals surface area contributed by atoms with Crippen LogP contribution in [0.4, 0.5) is 0 Å². The number of carbonyl (C=O) groups excluding carboxylic acids is 1. The molecule has 0 aliphatic heterocycles. The van der Waals surface area contributed by atoms with Gasteiger partial charge in [-0.05, 0) is 31.9 Å². The van der Waals surface area contributed by atoms with Gasteiger partial charge in [0.15, 0.2) is 0 Å². The minimum absolute atomic E-state index is 0.387. The van der Waals surface area contributed by atoms with Gasteiger partial charge in [0.25, 0.3) is 0 Å². The zero-order valence-corrected chi connectivity index (χ0v) is 10.5. The first-order chi connectivity index (χ1) is 8.81. The predicted molar refractivity (Wildman–Crippen MR) is 65.8 cm³/mol. The molecule has 97 valence electrons. The van der Waals surface area contributed by atoms with Crippen molar-refractivity contribution in [1.29, 1.82) is 0 Å². The molecule has 0 N–H and O–H groups in total. The first-order valence-electron chi connectivity index (χ1n) is 6.26. The molecule has 0 unspecified atom stereocenters. The highest BCUT2D eigenvalue weighted by molar-refractivity contribution is 5.92. The molecule has 4 nitrogen and oxygen atoms in total. The molecular weight excluding hydrogens is 232 g/mol. The molecule has 0 spiro atoms. The van der Waals surface area contributed by atoms with E-state index >= 15 is 0 Å². The second-order valence-electron chi connectivity index (χ2n) is 4.13. The summed E-state index contributed by atoms with van der Waals surface area (Å²) in [6, 6.07) is 6.98. The Bertz CT molecular complexity index is 397. The van der Waals surface area contributed by atoms with Gasteiger partial charge in [0.1, 0.15) is 17.4 Å². The Morgan fingerprint density at radius 2 is 1.94 bits per heavy atom. The number of benzene rings is 1. The average molecular weight is 249 g/mol. The van der Waals surface area contributed by atoms with E-state index in [9.17, 15) is 4.79 Å². The lowest BCUT2D eigenvalue weighted by Gasteiger charge is -2.10. The van der Waals surface area contributed by atoms with E-state index in [-0.39, 0.29) is 0 Å². The summed E-state index contributed by atoms with van der Waals surface area (Å²) in [5, 5.41) is 0. The SMILES string of the molecule is CCOc1ccccc1C(=O)OO[C]1CCCC1. The first-order valence-corrected chi connectivity index (χ1v) is 6.26. The van der Waals surface area contributed by atoms with E-state index in [0.29, 0.717) is 17.9 Å². The summed E-state index contributed by atoms with van der Waals surface area (Å²) in [7, 11) is 0. The zero-order chi connectivity index (χ0) is 12.8. The quantitative estimate of drug-likeness (QED) is 0.593. The molecule has 1 aromatic carbocycles. The van der Waals surface area contributed by atoms with Crippen LogP contribution in [0, 0.1) is 6.10 Å². The van der Waals surface area contributed by atoms with E-state index in [4.69, 9.17) is 14.5 Å². The number of rotatable bonds is 5. The van der Waals surface area contributed by atoms with Crippen LogP contribution in [0.15, 0.2) is 24.3 Å². The molecular formula is C14H17O4. The number of ether oxygens (including phenoxy) is 1. The molecule has 0 amide bonds. The third kappa shape index (κ3) is 3.23. The van der Waals surface area contributed by atoms with Gasteiger partial charge in [-0.15, -0.1) is 0 Å². The lowest BCUT2D eigenvalue weighted by atomic mass is 10.2. The molecule has 1 aromatic rings. The molecule has 1 aliphatic carbocycles. The fourth-order valence-corrected chi connectivity index (χ4v) is 1.91. The van der Waals surface area contributed by atoms with Crippen molar-refractivity contribution in [3.63, 3.8) is 0 Å². The normalized spacial score (nSPS) is 15.6. The maximum absolute atomic E-state index is 11.9. The van der Waals surface area contributed by atoms with Crippen LogP contribution in [0.2, 0.25) is 0 Å². The lowest BCUT2D eigenvalue weighted by Crippen LogP contribution is -2.10. The second-order valence-corrected chi connectivity index (χ2v) is 4.13. The summed E-state index contributed by atoms with van der Waals surface area (Å²) in [4.78, 5) is 21.8. The van der Waals surface area contributed by atoms with Crippen molar-refractivity contribution in [1.82, 2.24) is 0 Å². The Morgan fingerprint density at radius 1 is 1.22 bits per heavy atom. The summed E-state index contributed by atoms with van der Waals surface area (Å²) in [5.74, 6) is 0.00321. The molecule has 0 heterocycles. The Hall–Kier alpha value is -1.55. The van der Waals surface area contributed by atoms with Crippen molar-refractivity contribution in [3.05, 3.63) is 35.9 Å². The van der Waals surface area contributed by atoms with E-state index in [1.165, 1.54) is 0 Å². The van der Waals surface area contributed by atoms with Gasteiger partial charge in [0.2, 0.25) is 0 Å². The summed E-state index contributed by atoms with van der Waals surface area (Å²) in [5.41, 5.74) is 0.387. The van der Waals surface area contributed by atoms with E-state index in [1.807, 2.05) is 13.0 Å². The molecule has 0 aromatic heterocycles. The van der Waals surface area contributed by atoms with Crippen LogP contribution in [0.25, 0.3) is 0 Å². The number of hydrogen-bond acceptors (Lipinski definition) is 4. The lowest BCUT2D eigenvalue weighted by molar-refractivity contribution is -0.234. The van der Waals surface area contributed by atoms with Gasteiger partial charge >= 0.3 is 5.97 Å². The Kier molecular flexibility index (Phi) is 4.59. The largest absolute Gasteiger partial charge is 0.493 e. The summed E-state index contributed by atoms with van der Waals surface area (Å²) in [6.07, 6.45) is 4.79. The number of hydrogen-bond donors (Lipinski definition) is 0. The Labute approximate surface area is 107 Å². The van der Waals surface area contributed by atoms with Crippen molar-refractivity contribution in [2.24, 2.45) is 0 Å². The van der Waals surface area contributed by atoms with E-state index in [1.54, 1.807) is 18.2 Å². The molecule has 0 bridgehead atoms. The highest BCUT2D eigenvalue weighted by Gasteiger charge is 2.21. The smallest absolute Gasteiger partial charge is 0.376 e. The maximum Gasteiger partial charge on any atom is 0.376 e. The number of carbonyl (C=O) groups is 1. The molecule has 0 atom stereocenters. The zero-order valence-electron chi connectivity index (χ0n) is 10.5. The second kappa shape index (κ2) is 6.40. The van der Waals surface area contributed by atoms with Crippen molar-refractivity contribution in [2.45, 2.75) is 32.6 Å². The van der Waals surface area contributed by atoms with Gasteiger partial charge in [-0.2, -0.15) is 4.89 Å². The summed E-state index contributed by atoms with van der Waals surface area (Å²) in [6.45, 7) is 2.37. The van der Waals surface area contributed by atoms with Crippen LogP contribution in [-0.2, 0) is 9.78 Å². The minimum Gasteiger partial charge on any atom is -0.493 e. The average Bonchev–Trinajstić information content (AvgIpc) is 2.90. The van der Waals surface area contributed by atoms with Crippen LogP contribution in [0.3, 0.4) is 0 Å². The first kappa shape index (κ1) is 12.9. The van der Waals surface area contributed by atoms with Gasteiger partial charge in [0.05, 0.1) is 6.61 Å². The highest BCUT2D eigenvalue weighted by Crippen LogP contribution is 2.28. The molecule has 1 aliphatic rings. The van der Waals surface area contributed by atoms with Crippen molar-refractivity contribution < 1.29 is 19.3 Å². The van der Waals surface area contributed by atoms with E-state index in [0.717, 1.165) is 31.8 Å². The maximum atomic E-state index is 11.9. The molecule has 0 saturated heterocycles. The van der Waals surface area contributed by atoms with Crippen LogP contribution < -0.4 is 4.74 Å². The van der Waals surface area contributed by atoms with Gasteiger partial charge in [-0.3, -0.25) is 4.89 Å². The molecule has 2 rings (SSSR count). The van der Waals surface area contributed by atoms with Gasteiger partial charge in [-0.1, -0.05) is 25.0 Å². The molecule has 1 saturated carbocycles. The molecule has 18 heavy (non-hydrogen) atoms. The topological polar surface area (TPSA) is 44.8 Å². The summed E-state index contributed by atoms with van der Waals surface area (Å²) < 4.78 is 5.37. The van der Waals surface area contributed by atoms with Crippen LogP contribution in [0.1, 0.15) is 43.0 Å². The van der Waals surface area contributed by atoms with E-state index < -0.39 is 5.97 Å². The molecule has 1 radical (unpaired) electrons. The molecule has 4 heteroatoms. The van der Waals surface area contributed by atoms with Crippen molar-refractivity contribution in [2.75, 3.05) is 6.61 Å². The third-order valence-electron chi connectivity index (χ3n) is 2.80. The van der Waals surface area contributed by atoms with Crippen LogP contribution in [-0.4, -0.2) is 12.6 Å². The molecule has 1 fully saturated rings. The monoisotopic (exact) mass is 249 g/mol. The van der Waals surface area contributed by atoms with Gasteiger partial charge in [-0.25, -0.2) is 4.79 Å². The third-order valence-corrected chi connectivity index (χ3v) is 2.80. The fraction of sp³-hybridized carbons (Fsp3) is 0.429. The van der Waals surface area contributed by atoms with Crippen molar-refractivity contribution >= 4 is 5.97 Å². The van der Waals surface area contributed by atoms with Crippen LogP contribution in [0.5, 0.6) is 5.75 Å². The van der Waals surface area contributed by atoms with Crippen LogP contribution >= 0.6 is 0 Å². The Balaban J connectivity index is 1.94. The fourth-order valence-electron chi connectivity index (χ4n) is 1.91. The number of para-hydroxylation sites is 1. The Morgan fingerprint density at radius 3 is 2.67 bits per heavy atom. The highest BCUT2D eigenvalue weighted by atomic mass is 17.2. The summed E-state index contributed by atoms with van der Waals surface area (Å²) >= 11 is 0. The standard InChI is InChI=1S/C14H17O4/c1-2-16-13-10-6-5-9-12(13)14(15)18-17-11-7-3-4-8-11/h5-6,9-10H,2-4,7-8H2,1H3. The van der Waals surface area contributed by atoms with Gasteiger partial charge < -0.3 is 4.74 Å². The van der Waals surface area contributed by atoms with Gasteiger partial charge in [0, 0.05) is 0 Å². The predicted octanol–water partition coefficient (Wildman–Crippen LogP) is 3.28. The van der Waals surface area contributed by atoms with Crippen molar-refractivity contribution in [3.8, 4) is 5.75 Å².